The number of hydrogen-bond donors (Lipinski definition) is 3. The van der Waals surface area contributed by atoms with Gasteiger partial charge in [-0.05, 0) is 17.0 Å². The average molecular weight is 272 g/mol. The minimum Gasteiger partial charge on any atom is -0.507 e. The highest BCUT2D eigenvalue weighted by Crippen LogP contribution is 2.33. The molecule has 0 unspecified atom stereocenters. The minimum absolute atomic E-state index is 0.158. The van der Waals surface area contributed by atoms with Crippen molar-refractivity contribution in [2.45, 2.75) is 13.0 Å². The summed E-state index contributed by atoms with van der Waals surface area (Å²) < 4.78 is 0. The number of carboxylic acid groups (broad SMARTS) is 1. The number of carboxylic acids is 1. The Bertz CT molecular complexity index is 661. The Morgan fingerprint density at radius 1 is 1.15 bits per heavy atom. The molecular weight excluding hydrogens is 256 g/mol. The van der Waals surface area contributed by atoms with Crippen LogP contribution in [0.5, 0.6) is 5.75 Å². The van der Waals surface area contributed by atoms with Crippen LogP contribution in [0.4, 0.5) is 0 Å². The first-order valence-corrected chi connectivity index (χ1v) is 6.30. The summed E-state index contributed by atoms with van der Waals surface area (Å²) in [5, 5.41) is 30.2. The van der Waals surface area contributed by atoms with Crippen LogP contribution in [-0.4, -0.2) is 21.3 Å². The second-order valence-corrected chi connectivity index (χ2v) is 4.72. The highest BCUT2D eigenvalue weighted by atomic mass is 16.4. The standard InChI is InChI=1S/C16H16O4/c1-10(6-9-15(18)19)16(20)13-7-8-14(17)12-5-3-2-4-11(12)13/h2-10,16-17,20H,1H3,(H,18,19)/b9-6+/t10-,16-/m0/s1. The predicted octanol–water partition coefficient (Wildman–Crippen LogP) is 2.86. The van der Waals surface area contributed by atoms with Crippen LogP contribution in [0, 0.1) is 5.92 Å². The molecule has 0 aliphatic rings. The van der Waals surface area contributed by atoms with Crippen molar-refractivity contribution < 1.29 is 20.1 Å². The van der Waals surface area contributed by atoms with E-state index in [1.165, 1.54) is 12.1 Å². The van der Waals surface area contributed by atoms with E-state index in [2.05, 4.69) is 0 Å². The summed E-state index contributed by atoms with van der Waals surface area (Å²) in [4.78, 5) is 10.5. The second kappa shape index (κ2) is 5.75. The van der Waals surface area contributed by atoms with Crippen LogP contribution in [0.2, 0.25) is 0 Å². The van der Waals surface area contributed by atoms with E-state index in [4.69, 9.17) is 5.11 Å². The largest absolute Gasteiger partial charge is 0.507 e. The summed E-state index contributed by atoms with van der Waals surface area (Å²) in [6.45, 7) is 1.74. The molecule has 2 aromatic rings. The lowest BCUT2D eigenvalue weighted by Crippen LogP contribution is -2.08. The maximum atomic E-state index is 10.5. The molecule has 3 N–H and O–H groups in total. The molecule has 0 saturated heterocycles. The average Bonchev–Trinajstić information content (AvgIpc) is 2.44. The van der Waals surface area contributed by atoms with E-state index >= 15 is 0 Å². The number of hydrogen-bond acceptors (Lipinski definition) is 3. The van der Waals surface area contributed by atoms with Crippen molar-refractivity contribution in [2.24, 2.45) is 5.92 Å². The normalized spacial score (nSPS) is 14.5. The van der Waals surface area contributed by atoms with Crippen molar-refractivity contribution in [2.75, 3.05) is 0 Å². The molecule has 4 heteroatoms. The van der Waals surface area contributed by atoms with Crippen LogP contribution in [0.15, 0.2) is 48.6 Å². The van der Waals surface area contributed by atoms with Crippen LogP contribution < -0.4 is 0 Å². The topological polar surface area (TPSA) is 77.8 Å². The van der Waals surface area contributed by atoms with Crippen LogP contribution in [0.1, 0.15) is 18.6 Å². The SMILES string of the molecule is C[C@@H](/C=C/C(=O)O)[C@H](O)c1ccc(O)c2ccccc12. The maximum Gasteiger partial charge on any atom is 0.327 e. The van der Waals surface area contributed by atoms with Gasteiger partial charge in [-0.25, -0.2) is 4.79 Å². The summed E-state index contributed by atoms with van der Waals surface area (Å²) >= 11 is 0. The lowest BCUT2D eigenvalue weighted by molar-refractivity contribution is -0.131. The predicted molar refractivity (Wildman–Crippen MR) is 76.5 cm³/mol. The number of aliphatic carboxylic acids is 1. The van der Waals surface area contributed by atoms with E-state index in [1.807, 2.05) is 18.2 Å². The van der Waals surface area contributed by atoms with Crippen LogP contribution >= 0.6 is 0 Å². The zero-order valence-electron chi connectivity index (χ0n) is 11.0. The zero-order valence-corrected chi connectivity index (χ0v) is 11.0. The molecule has 4 nitrogen and oxygen atoms in total. The fourth-order valence-corrected chi connectivity index (χ4v) is 2.19. The van der Waals surface area contributed by atoms with Crippen LogP contribution in [0.25, 0.3) is 10.8 Å². The highest BCUT2D eigenvalue weighted by Gasteiger charge is 2.17. The molecule has 0 radical (unpaired) electrons. The fraction of sp³-hybridized carbons (Fsp3) is 0.188. The number of phenolic OH excluding ortho intramolecular Hbond substituents is 1. The molecule has 0 saturated carbocycles. The van der Waals surface area contributed by atoms with Crippen LogP contribution in [-0.2, 0) is 4.79 Å². The van der Waals surface area contributed by atoms with Gasteiger partial charge in [-0.3, -0.25) is 0 Å². The second-order valence-electron chi connectivity index (χ2n) is 4.72. The molecule has 0 aliphatic carbocycles. The molecule has 2 aromatic carbocycles. The molecule has 0 aliphatic heterocycles. The van der Waals surface area contributed by atoms with Crippen molar-refractivity contribution >= 4 is 16.7 Å². The number of rotatable bonds is 4. The van der Waals surface area contributed by atoms with Gasteiger partial charge in [-0.2, -0.15) is 0 Å². The quantitative estimate of drug-likeness (QED) is 0.748. The molecule has 0 fully saturated rings. The molecule has 0 heterocycles. The lowest BCUT2D eigenvalue weighted by Gasteiger charge is -2.18. The summed E-state index contributed by atoms with van der Waals surface area (Å²) in [5.74, 6) is -1.23. The van der Waals surface area contributed by atoms with Crippen LogP contribution in [0.3, 0.4) is 0 Å². The van der Waals surface area contributed by atoms with E-state index in [1.54, 1.807) is 19.1 Å². The van der Waals surface area contributed by atoms with Gasteiger partial charge in [0.05, 0.1) is 6.10 Å². The van der Waals surface area contributed by atoms with Gasteiger partial charge in [0.15, 0.2) is 0 Å². The summed E-state index contributed by atoms with van der Waals surface area (Å²) in [6, 6.07) is 10.4. The number of phenols is 1. The molecular formula is C16H16O4. The Morgan fingerprint density at radius 2 is 1.80 bits per heavy atom. The van der Waals surface area contributed by atoms with Crippen molar-refractivity contribution in [3.8, 4) is 5.75 Å². The molecule has 104 valence electrons. The van der Waals surface area contributed by atoms with Crippen molar-refractivity contribution in [1.82, 2.24) is 0 Å². The Labute approximate surface area is 116 Å². The molecule has 2 rings (SSSR count). The molecule has 0 bridgehead atoms. The first kappa shape index (κ1) is 14.1. The Hall–Kier alpha value is -2.33. The number of aliphatic hydroxyl groups is 1. The number of benzene rings is 2. The van der Waals surface area contributed by atoms with Gasteiger partial charge < -0.3 is 15.3 Å². The third-order valence-corrected chi connectivity index (χ3v) is 3.29. The zero-order chi connectivity index (χ0) is 14.7. The Kier molecular flexibility index (Phi) is 4.05. The fourth-order valence-electron chi connectivity index (χ4n) is 2.19. The molecule has 2 atom stereocenters. The van der Waals surface area contributed by atoms with Crippen molar-refractivity contribution in [3.05, 3.63) is 54.1 Å². The maximum absolute atomic E-state index is 10.5. The number of fused-ring (bicyclic) bond motifs is 1. The van der Waals surface area contributed by atoms with Gasteiger partial charge in [0.1, 0.15) is 5.75 Å². The highest BCUT2D eigenvalue weighted by molar-refractivity contribution is 5.91. The van der Waals surface area contributed by atoms with Crippen molar-refractivity contribution in [1.29, 1.82) is 0 Å². The molecule has 20 heavy (non-hydrogen) atoms. The number of aromatic hydroxyl groups is 1. The summed E-state index contributed by atoms with van der Waals surface area (Å²) in [5.41, 5.74) is 0.668. The van der Waals surface area contributed by atoms with E-state index in [-0.39, 0.29) is 11.7 Å². The minimum atomic E-state index is -1.04. The van der Waals surface area contributed by atoms with E-state index in [0.717, 1.165) is 11.5 Å². The van der Waals surface area contributed by atoms with Crippen molar-refractivity contribution in [3.63, 3.8) is 0 Å². The smallest absolute Gasteiger partial charge is 0.327 e. The molecule has 0 amide bonds. The van der Waals surface area contributed by atoms with E-state index in [0.29, 0.717) is 10.9 Å². The van der Waals surface area contributed by atoms with Gasteiger partial charge in [0, 0.05) is 17.4 Å². The van der Waals surface area contributed by atoms with E-state index in [9.17, 15) is 15.0 Å². The molecule has 0 aromatic heterocycles. The van der Waals surface area contributed by atoms with Gasteiger partial charge in [0.2, 0.25) is 0 Å². The third kappa shape index (κ3) is 2.81. The van der Waals surface area contributed by atoms with Gasteiger partial charge in [-0.1, -0.05) is 43.3 Å². The Balaban J connectivity index is 2.42. The van der Waals surface area contributed by atoms with E-state index < -0.39 is 12.1 Å². The molecule has 0 spiro atoms. The summed E-state index contributed by atoms with van der Waals surface area (Å²) in [7, 11) is 0. The van der Waals surface area contributed by atoms with Gasteiger partial charge in [-0.15, -0.1) is 0 Å². The summed E-state index contributed by atoms with van der Waals surface area (Å²) in [6.07, 6.45) is 1.64. The lowest BCUT2D eigenvalue weighted by atomic mass is 9.92. The monoisotopic (exact) mass is 272 g/mol. The van der Waals surface area contributed by atoms with Gasteiger partial charge in [0.25, 0.3) is 0 Å². The Morgan fingerprint density at radius 3 is 2.45 bits per heavy atom. The third-order valence-electron chi connectivity index (χ3n) is 3.29. The number of carbonyl (C=O) groups is 1. The van der Waals surface area contributed by atoms with Gasteiger partial charge >= 0.3 is 5.97 Å². The first-order valence-electron chi connectivity index (χ1n) is 6.30. The number of aliphatic hydroxyl groups excluding tert-OH is 1. The first-order chi connectivity index (χ1) is 9.50.